The summed E-state index contributed by atoms with van der Waals surface area (Å²) < 4.78 is 12.8. The van der Waals surface area contributed by atoms with Gasteiger partial charge >= 0.3 is 0 Å². The molecule has 1 unspecified atom stereocenters. The number of hydrogen-bond donors (Lipinski definition) is 1. The van der Waals surface area contributed by atoms with Crippen LogP contribution in [0.4, 0.5) is 4.39 Å². The highest BCUT2D eigenvalue weighted by Crippen LogP contribution is 2.22. The molecule has 3 nitrogen and oxygen atoms in total. The van der Waals surface area contributed by atoms with Crippen LogP contribution in [-0.4, -0.2) is 40.9 Å². The van der Waals surface area contributed by atoms with E-state index in [0.29, 0.717) is 31.7 Å². The Morgan fingerprint density at radius 1 is 1.40 bits per heavy atom. The van der Waals surface area contributed by atoms with Crippen LogP contribution in [0.1, 0.15) is 19.8 Å². The van der Waals surface area contributed by atoms with E-state index in [-0.39, 0.29) is 23.7 Å². The van der Waals surface area contributed by atoms with Gasteiger partial charge in [0.15, 0.2) is 0 Å². The topological polar surface area (TPSA) is 40.5 Å². The lowest BCUT2D eigenvalue weighted by Gasteiger charge is -2.31. The monoisotopic (exact) mass is 297 g/mol. The Bertz CT molecular complexity index is 444. The lowest BCUT2D eigenvalue weighted by molar-refractivity contribution is -0.136. The fraction of sp³-hybridized carbons (Fsp3) is 0.533. The van der Waals surface area contributed by atoms with Crippen LogP contribution in [0, 0.1) is 11.7 Å². The molecule has 1 aliphatic heterocycles. The Kier molecular flexibility index (Phi) is 5.43. The summed E-state index contributed by atoms with van der Waals surface area (Å²) in [6.07, 6.45) is 1.08. The second-order valence-electron chi connectivity index (χ2n) is 5.22. The number of halogens is 1. The van der Waals surface area contributed by atoms with E-state index >= 15 is 0 Å². The summed E-state index contributed by atoms with van der Waals surface area (Å²) in [6.45, 7) is 3.21. The zero-order chi connectivity index (χ0) is 14.5. The predicted octanol–water partition coefficient (Wildman–Crippen LogP) is 2.54. The molecule has 0 bridgehead atoms. The largest absolute Gasteiger partial charge is 0.393 e. The SMILES string of the molecule is CC(CSc1ccc(F)cc1)C(=O)N1CCC(O)CC1. The lowest BCUT2D eigenvalue weighted by Crippen LogP contribution is -2.43. The van der Waals surface area contributed by atoms with Crippen LogP contribution in [-0.2, 0) is 4.79 Å². The van der Waals surface area contributed by atoms with Gasteiger partial charge in [-0.2, -0.15) is 0 Å². The number of rotatable bonds is 4. The third-order valence-corrected chi connectivity index (χ3v) is 4.78. The Labute approximate surface area is 123 Å². The minimum Gasteiger partial charge on any atom is -0.393 e. The zero-order valence-corrected chi connectivity index (χ0v) is 12.4. The Balaban J connectivity index is 1.80. The van der Waals surface area contributed by atoms with Crippen molar-refractivity contribution in [1.29, 1.82) is 0 Å². The van der Waals surface area contributed by atoms with Crippen LogP contribution in [0.15, 0.2) is 29.2 Å². The van der Waals surface area contributed by atoms with Gasteiger partial charge in [-0.05, 0) is 37.1 Å². The average molecular weight is 297 g/mol. The normalized spacial score (nSPS) is 18.1. The minimum atomic E-state index is -0.261. The third-order valence-electron chi connectivity index (χ3n) is 3.51. The molecule has 5 heteroatoms. The summed E-state index contributed by atoms with van der Waals surface area (Å²) in [5.41, 5.74) is 0. The first-order valence-electron chi connectivity index (χ1n) is 6.91. The molecule has 1 atom stereocenters. The van der Waals surface area contributed by atoms with E-state index in [0.717, 1.165) is 4.90 Å². The maximum absolute atomic E-state index is 12.8. The molecule has 1 amide bonds. The number of likely N-dealkylation sites (tertiary alicyclic amines) is 1. The smallest absolute Gasteiger partial charge is 0.226 e. The van der Waals surface area contributed by atoms with Gasteiger partial charge in [0.25, 0.3) is 0 Å². The summed E-state index contributed by atoms with van der Waals surface area (Å²) in [6, 6.07) is 6.32. The van der Waals surface area contributed by atoms with Gasteiger partial charge in [0, 0.05) is 29.7 Å². The van der Waals surface area contributed by atoms with Crippen LogP contribution in [0.2, 0.25) is 0 Å². The van der Waals surface area contributed by atoms with Gasteiger partial charge in [-0.25, -0.2) is 4.39 Å². The Morgan fingerprint density at radius 3 is 2.60 bits per heavy atom. The summed E-state index contributed by atoms with van der Waals surface area (Å²) >= 11 is 1.57. The summed E-state index contributed by atoms with van der Waals surface area (Å²) in [7, 11) is 0. The van der Waals surface area contributed by atoms with E-state index in [1.54, 1.807) is 23.9 Å². The van der Waals surface area contributed by atoms with Crippen LogP contribution in [0.3, 0.4) is 0 Å². The molecule has 110 valence electrons. The van der Waals surface area contributed by atoms with E-state index in [9.17, 15) is 14.3 Å². The van der Waals surface area contributed by atoms with Gasteiger partial charge in [0.1, 0.15) is 5.82 Å². The number of thioether (sulfide) groups is 1. The van der Waals surface area contributed by atoms with Crippen LogP contribution in [0.25, 0.3) is 0 Å². The number of nitrogens with zero attached hydrogens (tertiary/aromatic N) is 1. The fourth-order valence-corrected chi connectivity index (χ4v) is 3.13. The van der Waals surface area contributed by atoms with Gasteiger partial charge in [-0.1, -0.05) is 6.92 Å². The summed E-state index contributed by atoms with van der Waals surface area (Å²) in [5, 5.41) is 9.45. The zero-order valence-electron chi connectivity index (χ0n) is 11.6. The van der Waals surface area contributed by atoms with Crippen molar-refractivity contribution in [2.24, 2.45) is 5.92 Å². The second kappa shape index (κ2) is 7.09. The standard InChI is InChI=1S/C15H20FNO2S/c1-11(10-20-14-4-2-12(16)3-5-14)15(19)17-8-6-13(18)7-9-17/h2-5,11,13,18H,6-10H2,1H3. The lowest BCUT2D eigenvalue weighted by atomic mass is 10.1. The van der Waals surface area contributed by atoms with Crippen molar-refractivity contribution >= 4 is 17.7 Å². The van der Waals surface area contributed by atoms with Crippen molar-refractivity contribution in [2.75, 3.05) is 18.8 Å². The number of benzene rings is 1. The fourth-order valence-electron chi connectivity index (χ4n) is 2.22. The van der Waals surface area contributed by atoms with Crippen molar-refractivity contribution in [1.82, 2.24) is 4.90 Å². The molecule has 2 rings (SSSR count). The number of aliphatic hydroxyl groups is 1. The molecule has 20 heavy (non-hydrogen) atoms. The molecule has 0 aromatic heterocycles. The highest BCUT2D eigenvalue weighted by molar-refractivity contribution is 7.99. The van der Waals surface area contributed by atoms with Gasteiger partial charge < -0.3 is 10.0 Å². The first-order valence-corrected chi connectivity index (χ1v) is 7.90. The van der Waals surface area contributed by atoms with Gasteiger partial charge in [-0.3, -0.25) is 4.79 Å². The number of piperidine rings is 1. The van der Waals surface area contributed by atoms with Crippen molar-refractivity contribution in [3.63, 3.8) is 0 Å². The quantitative estimate of drug-likeness (QED) is 0.868. The summed E-state index contributed by atoms with van der Waals surface area (Å²) in [5.74, 6) is 0.515. The second-order valence-corrected chi connectivity index (χ2v) is 6.32. The molecule has 1 fully saturated rings. The van der Waals surface area contributed by atoms with Crippen molar-refractivity contribution in [2.45, 2.75) is 30.8 Å². The van der Waals surface area contributed by atoms with Crippen molar-refractivity contribution in [3.8, 4) is 0 Å². The number of aliphatic hydroxyl groups excluding tert-OH is 1. The minimum absolute atomic E-state index is 0.0692. The van der Waals surface area contributed by atoms with E-state index in [2.05, 4.69) is 0 Å². The first kappa shape index (κ1) is 15.3. The molecule has 1 heterocycles. The molecule has 0 radical (unpaired) electrons. The molecule has 0 spiro atoms. The summed E-state index contributed by atoms with van der Waals surface area (Å²) in [4.78, 5) is 15.1. The molecule has 1 aromatic carbocycles. The molecule has 1 aromatic rings. The number of carbonyl (C=O) groups excluding carboxylic acids is 1. The maximum Gasteiger partial charge on any atom is 0.226 e. The highest BCUT2D eigenvalue weighted by atomic mass is 32.2. The van der Waals surface area contributed by atoms with E-state index < -0.39 is 0 Å². The number of carbonyl (C=O) groups is 1. The van der Waals surface area contributed by atoms with Gasteiger partial charge in [0.05, 0.1) is 6.10 Å². The molecule has 1 aliphatic rings. The van der Waals surface area contributed by atoms with Crippen LogP contribution < -0.4 is 0 Å². The van der Waals surface area contributed by atoms with Crippen molar-refractivity contribution in [3.05, 3.63) is 30.1 Å². The molecule has 0 aliphatic carbocycles. The Hall–Kier alpha value is -1.07. The van der Waals surface area contributed by atoms with Crippen molar-refractivity contribution < 1.29 is 14.3 Å². The molecule has 0 saturated carbocycles. The van der Waals surface area contributed by atoms with E-state index in [4.69, 9.17) is 0 Å². The molecular weight excluding hydrogens is 277 g/mol. The number of amides is 1. The third kappa shape index (κ3) is 4.21. The molecule has 1 saturated heterocycles. The first-order chi connectivity index (χ1) is 9.56. The molecular formula is C15H20FNO2S. The average Bonchev–Trinajstić information content (AvgIpc) is 2.46. The maximum atomic E-state index is 12.8. The van der Waals surface area contributed by atoms with Gasteiger partial charge in [-0.15, -0.1) is 11.8 Å². The molecule has 1 N–H and O–H groups in total. The predicted molar refractivity (Wildman–Crippen MR) is 78.1 cm³/mol. The van der Waals surface area contributed by atoms with Crippen LogP contribution >= 0.6 is 11.8 Å². The number of hydrogen-bond acceptors (Lipinski definition) is 3. The van der Waals surface area contributed by atoms with E-state index in [1.165, 1.54) is 12.1 Å². The van der Waals surface area contributed by atoms with Crippen LogP contribution in [0.5, 0.6) is 0 Å². The highest BCUT2D eigenvalue weighted by Gasteiger charge is 2.24. The Morgan fingerprint density at radius 2 is 2.00 bits per heavy atom. The van der Waals surface area contributed by atoms with Gasteiger partial charge in [0.2, 0.25) is 5.91 Å². The van der Waals surface area contributed by atoms with E-state index in [1.807, 2.05) is 11.8 Å².